The van der Waals surface area contributed by atoms with Crippen LogP contribution >= 0.6 is 0 Å². The third-order valence-electron chi connectivity index (χ3n) is 4.53. The largest absolute Gasteiger partial charge is 0.389 e. The lowest BCUT2D eigenvalue weighted by molar-refractivity contribution is -0.0704. The maximum Gasteiger partial charge on any atom is 0.0714 e. The quantitative estimate of drug-likeness (QED) is 0.895. The first kappa shape index (κ1) is 13.6. The van der Waals surface area contributed by atoms with E-state index in [1.807, 2.05) is 10.9 Å². The molecule has 2 rings (SSSR count). The third-order valence-corrected chi connectivity index (χ3v) is 4.53. The second-order valence-electron chi connectivity index (χ2n) is 6.75. The molecule has 1 aromatic rings. The fraction of sp³-hybridized carbons (Fsp3) is 0.800. The van der Waals surface area contributed by atoms with Crippen molar-refractivity contribution in [2.45, 2.75) is 65.5 Å². The van der Waals surface area contributed by atoms with Crippen molar-refractivity contribution in [1.82, 2.24) is 9.78 Å². The molecule has 0 aliphatic heterocycles. The molecule has 18 heavy (non-hydrogen) atoms. The van der Waals surface area contributed by atoms with Gasteiger partial charge in [0.25, 0.3) is 0 Å². The van der Waals surface area contributed by atoms with Crippen molar-refractivity contribution >= 4 is 0 Å². The van der Waals surface area contributed by atoms with Crippen LogP contribution in [0.5, 0.6) is 0 Å². The Morgan fingerprint density at radius 1 is 1.44 bits per heavy atom. The van der Waals surface area contributed by atoms with Crippen LogP contribution in [-0.2, 0) is 13.0 Å². The van der Waals surface area contributed by atoms with Gasteiger partial charge in [0.15, 0.2) is 0 Å². The van der Waals surface area contributed by atoms with Gasteiger partial charge in [-0.25, -0.2) is 0 Å². The first-order valence-corrected chi connectivity index (χ1v) is 7.08. The molecule has 3 nitrogen and oxygen atoms in total. The molecule has 1 aliphatic carbocycles. The number of aromatic nitrogens is 2. The van der Waals surface area contributed by atoms with Crippen molar-refractivity contribution in [3.63, 3.8) is 0 Å². The van der Waals surface area contributed by atoms with Gasteiger partial charge >= 0.3 is 0 Å². The lowest BCUT2D eigenvalue weighted by Crippen LogP contribution is -2.45. The number of aryl methyl sites for hydroxylation is 1. The Labute approximate surface area is 110 Å². The summed E-state index contributed by atoms with van der Waals surface area (Å²) in [6, 6.07) is 0. The highest BCUT2D eigenvalue weighted by atomic mass is 16.3. The third kappa shape index (κ3) is 2.77. The van der Waals surface area contributed by atoms with Gasteiger partial charge in [-0.1, -0.05) is 20.8 Å². The second-order valence-corrected chi connectivity index (χ2v) is 6.75. The van der Waals surface area contributed by atoms with Gasteiger partial charge in [-0.15, -0.1) is 0 Å². The molecule has 0 aromatic carbocycles. The fourth-order valence-corrected chi connectivity index (χ4v) is 3.21. The SMILES string of the molecule is CCn1cc(CC2(O)CCC(C)(C)CC2C)cn1. The molecule has 2 unspecified atom stereocenters. The minimum atomic E-state index is -0.545. The summed E-state index contributed by atoms with van der Waals surface area (Å²) in [5.74, 6) is 0.353. The van der Waals surface area contributed by atoms with Crippen molar-refractivity contribution in [3.8, 4) is 0 Å². The number of nitrogens with zero attached hydrogens (tertiary/aromatic N) is 2. The normalized spacial score (nSPS) is 31.5. The monoisotopic (exact) mass is 250 g/mol. The van der Waals surface area contributed by atoms with Gasteiger partial charge in [0, 0.05) is 19.2 Å². The maximum atomic E-state index is 10.9. The molecule has 2 atom stereocenters. The lowest BCUT2D eigenvalue weighted by Gasteiger charge is -2.45. The standard InChI is InChI=1S/C15H26N2O/c1-5-17-11-13(10-16-17)9-15(18)7-6-14(3,4)8-12(15)2/h10-12,18H,5-9H2,1-4H3. The number of hydrogen-bond acceptors (Lipinski definition) is 2. The Balaban J connectivity index is 2.07. The van der Waals surface area contributed by atoms with Crippen LogP contribution in [0, 0.1) is 11.3 Å². The Morgan fingerprint density at radius 2 is 2.17 bits per heavy atom. The van der Waals surface area contributed by atoms with E-state index in [0.29, 0.717) is 11.3 Å². The number of aliphatic hydroxyl groups is 1. The smallest absolute Gasteiger partial charge is 0.0714 e. The molecule has 1 saturated carbocycles. The van der Waals surface area contributed by atoms with E-state index in [-0.39, 0.29) is 0 Å². The van der Waals surface area contributed by atoms with Gasteiger partial charge in [-0.05, 0) is 43.1 Å². The van der Waals surface area contributed by atoms with Crippen LogP contribution in [0.3, 0.4) is 0 Å². The van der Waals surface area contributed by atoms with Crippen molar-refractivity contribution in [3.05, 3.63) is 18.0 Å². The summed E-state index contributed by atoms with van der Waals surface area (Å²) in [5, 5.41) is 15.2. The molecule has 0 saturated heterocycles. The van der Waals surface area contributed by atoms with Crippen molar-refractivity contribution in [2.75, 3.05) is 0 Å². The van der Waals surface area contributed by atoms with Gasteiger partial charge in [-0.2, -0.15) is 5.10 Å². The summed E-state index contributed by atoms with van der Waals surface area (Å²) >= 11 is 0. The molecule has 0 bridgehead atoms. The highest BCUT2D eigenvalue weighted by molar-refractivity contribution is 5.10. The summed E-state index contributed by atoms with van der Waals surface area (Å²) in [4.78, 5) is 0. The summed E-state index contributed by atoms with van der Waals surface area (Å²) in [6.45, 7) is 9.76. The molecule has 0 spiro atoms. The van der Waals surface area contributed by atoms with Crippen LogP contribution in [0.1, 0.15) is 52.5 Å². The zero-order valence-corrected chi connectivity index (χ0v) is 12.1. The second kappa shape index (κ2) is 4.69. The maximum absolute atomic E-state index is 10.9. The topological polar surface area (TPSA) is 38.0 Å². The van der Waals surface area contributed by atoms with E-state index in [4.69, 9.17) is 0 Å². The first-order chi connectivity index (χ1) is 8.35. The van der Waals surface area contributed by atoms with Gasteiger partial charge in [0.05, 0.1) is 11.8 Å². The molecule has 0 radical (unpaired) electrons. The Kier molecular flexibility index (Phi) is 3.54. The van der Waals surface area contributed by atoms with Crippen LogP contribution in [0.4, 0.5) is 0 Å². The van der Waals surface area contributed by atoms with Crippen molar-refractivity contribution in [1.29, 1.82) is 0 Å². The average Bonchev–Trinajstić information content (AvgIpc) is 2.72. The molecule has 3 heteroatoms. The molecular weight excluding hydrogens is 224 g/mol. The predicted octanol–water partition coefficient (Wildman–Crippen LogP) is 3.02. The van der Waals surface area contributed by atoms with E-state index in [2.05, 4.69) is 39.0 Å². The summed E-state index contributed by atoms with van der Waals surface area (Å²) in [6.07, 6.45) is 7.81. The van der Waals surface area contributed by atoms with Crippen LogP contribution in [-0.4, -0.2) is 20.5 Å². The van der Waals surface area contributed by atoms with Crippen molar-refractivity contribution in [2.24, 2.45) is 11.3 Å². The van der Waals surface area contributed by atoms with Crippen LogP contribution < -0.4 is 0 Å². The highest BCUT2D eigenvalue weighted by Gasteiger charge is 2.42. The lowest BCUT2D eigenvalue weighted by atomic mass is 9.64. The van der Waals surface area contributed by atoms with E-state index in [9.17, 15) is 5.11 Å². The van der Waals surface area contributed by atoms with E-state index in [1.54, 1.807) is 0 Å². The molecule has 102 valence electrons. The molecule has 1 aliphatic rings. The van der Waals surface area contributed by atoms with Crippen LogP contribution in [0.2, 0.25) is 0 Å². The van der Waals surface area contributed by atoms with Crippen LogP contribution in [0.15, 0.2) is 12.4 Å². The van der Waals surface area contributed by atoms with E-state index >= 15 is 0 Å². The van der Waals surface area contributed by atoms with Gasteiger partial charge in [0.2, 0.25) is 0 Å². The zero-order valence-electron chi connectivity index (χ0n) is 12.1. The molecule has 1 fully saturated rings. The Morgan fingerprint density at radius 3 is 2.72 bits per heavy atom. The van der Waals surface area contributed by atoms with Gasteiger partial charge in [0.1, 0.15) is 0 Å². The molecule has 1 N–H and O–H groups in total. The molecule has 1 heterocycles. The molecule has 1 aromatic heterocycles. The Bertz CT molecular complexity index is 410. The average molecular weight is 250 g/mol. The minimum absolute atomic E-state index is 0.353. The minimum Gasteiger partial charge on any atom is -0.389 e. The van der Waals surface area contributed by atoms with Crippen LogP contribution in [0.25, 0.3) is 0 Å². The van der Waals surface area contributed by atoms with E-state index in [0.717, 1.165) is 37.8 Å². The summed E-state index contributed by atoms with van der Waals surface area (Å²) < 4.78 is 1.93. The van der Waals surface area contributed by atoms with Gasteiger partial charge < -0.3 is 5.11 Å². The highest BCUT2D eigenvalue weighted by Crippen LogP contribution is 2.45. The van der Waals surface area contributed by atoms with Gasteiger partial charge in [-0.3, -0.25) is 4.68 Å². The number of hydrogen-bond donors (Lipinski definition) is 1. The summed E-state index contributed by atoms with van der Waals surface area (Å²) in [7, 11) is 0. The predicted molar refractivity (Wildman–Crippen MR) is 73.4 cm³/mol. The zero-order chi connectivity index (χ0) is 13.4. The number of rotatable bonds is 3. The molecular formula is C15H26N2O. The fourth-order valence-electron chi connectivity index (χ4n) is 3.21. The summed E-state index contributed by atoms with van der Waals surface area (Å²) in [5.41, 5.74) is 0.988. The Hall–Kier alpha value is -0.830. The van der Waals surface area contributed by atoms with E-state index in [1.165, 1.54) is 0 Å². The van der Waals surface area contributed by atoms with E-state index < -0.39 is 5.60 Å². The molecule has 0 amide bonds. The first-order valence-electron chi connectivity index (χ1n) is 7.08. The van der Waals surface area contributed by atoms with Crippen molar-refractivity contribution < 1.29 is 5.11 Å².